The number of anilines is 1. The van der Waals surface area contributed by atoms with Crippen molar-refractivity contribution in [2.45, 2.75) is 19.9 Å². The molecule has 5 rings (SSSR count). The summed E-state index contributed by atoms with van der Waals surface area (Å²) >= 11 is 0. The van der Waals surface area contributed by atoms with Gasteiger partial charge >= 0.3 is 0 Å². The van der Waals surface area contributed by atoms with Gasteiger partial charge in [0.2, 0.25) is 0 Å². The number of benzene rings is 2. The Bertz CT molecular complexity index is 1040. The maximum atomic E-state index is 14.8. The number of nitrogens with zero attached hydrogens (tertiary/aromatic N) is 3. The van der Waals surface area contributed by atoms with Crippen molar-refractivity contribution in [3.63, 3.8) is 0 Å². The molecule has 0 radical (unpaired) electrons. The first-order chi connectivity index (χ1) is 16.3. The summed E-state index contributed by atoms with van der Waals surface area (Å²) in [7, 11) is 0. The van der Waals surface area contributed by atoms with Crippen LogP contribution in [0.2, 0.25) is 0 Å². The van der Waals surface area contributed by atoms with E-state index in [2.05, 4.69) is 4.98 Å². The van der Waals surface area contributed by atoms with E-state index in [-0.39, 0.29) is 17.8 Å². The summed E-state index contributed by atoms with van der Waals surface area (Å²) < 4.78 is 20.3. The topological polar surface area (TPSA) is 42.2 Å². The summed E-state index contributed by atoms with van der Waals surface area (Å²) in [4.78, 5) is 6.13. The summed E-state index contributed by atoms with van der Waals surface area (Å²) in [5, 5.41) is 6.63. The quantitative estimate of drug-likeness (QED) is 0.643. The number of hydrazone groups is 1. The monoisotopic (exact) mass is 447 g/mol. The number of ether oxygens (including phenoxy) is 1. The molecular weight excluding hydrogens is 415 g/mol. The van der Waals surface area contributed by atoms with E-state index in [0.29, 0.717) is 5.56 Å². The first-order valence-electron chi connectivity index (χ1n) is 11.8. The lowest BCUT2D eigenvalue weighted by atomic mass is 9.93. The zero-order chi connectivity index (χ0) is 23.0. The van der Waals surface area contributed by atoms with Crippen molar-refractivity contribution in [2.24, 2.45) is 11.0 Å². The normalized spacial score (nSPS) is 20.4. The van der Waals surface area contributed by atoms with Gasteiger partial charge in [0.05, 0.1) is 49.3 Å². The number of nitrogens with one attached hydrogen (secondary N) is 1. The molecule has 5 nitrogen and oxygen atoms in total. The Balaban J connectivity index is 0.00000126. The minimum Gasteiger partial charge on any atom is -0.370 e. The van der Waals surface area contributed by atoms with Gasteiger partial charge in [-0.3, -0.25) is 9.99 Å². The van der Waals surface area contributed by atoms with Crippen molar-refractivity contribution in [3.8, 4) is 11.3 Å². The molecule has 0 saturated carbocycles. The van der Waals surface area contributed by atoms with E-state index in [0.717, 1.165) is 49.8 Å². The maximum Gasteiger partial charge on any atom is 0.128 e. The van der Waals surface area contributed by atoms with Crippen LogP contribution in [-0.2, 0) is 4.74 Å². The molecule has 3 aromatic rings. The summed E-state index contributed by atoms with van der Waals surface area (Å²) in [6.07, 6.45) is 3.81. The molecule has 172 valence electrons. The SMILES string of the molecule is CC.Fc1ccccc1C1C(C[NH+]2CCOCC2)C=NN1c1ccc(-c2ccccc2)nc1. The van der Waals surface area contributed by atoms with Crippen LogP contribution in [0.1, 0.15) is 25.5 Å². The first-order valence-corrected chi connectivity index (χ1v) is 11.8. The number of quaternary nitrogens is 1. The smallest absolute Gasteiger partial charge is 0.128 e. The Morgan fingerprint density at radius 3 is 2.39 bits per heavy atom. The van der Waals surface area contributed by atoms with Gasteiger partial charge in [-0.15, -0.1) is 0 Å². The van der Waals surface area contributed by atoms with Gasteiger partial charge in [-0.05, 0) is 18.2 Å². The largest absolute Gasteiger partial charge is 0.370 e. The molecule has 3 heterocycles. The molecule has 1 saturated heterocycles. The van der Waals surface area contributed by atoms with Gasteiger partial charge in [0.1, 0.15) is 18.9 Å². The van der Waals surface area contributed by atoms with E-state index in [4.69, 9.17) is 9.84 Å². The summed E-state index contributed by atoms with van der Waals surface area (Å²) in [6.45, 7) is 8.40. The Morgan fingerprint density at radius 2 is 1.70 bits per heavy atom. The molecule has 1 N–H and O–H groups in total. The first kappa shape index (κ1) is 23.1. The van der Waals surface area contributed by atoms with Crippen molar-refractivity contribution < 1.29 is 14.0 Å². The number of halogens is 1. The fourth-order valence-corrected chi connectivity index (χ4v) is 4.46. The molecule has 0 aliphatic carbocycles. The number of morpholine rings is 1. The zero-order valence-corrected chi connectivity index (χ0v) is 19.3. The average Bonchev–Trinajstić information content (AvgIpc) is 3.30. The highest BCUT2D eigenvalue weighted by molar-refractivity contribution is 5.71. The van der Waals surface area contributed by atoms with Crippen molar-refractivity contribution in [3.05, 3.63) is 84.3 Å². The Kier molecular flexibility index (Phi) is 7.81. The van der Waals surface area contributed by atoms with Gasteiger partial charge in [-0.2, -0.15) is 5.10 Å². The second kappa shape index (κ2) is 11.2. The van der Waals surface area contributed by atoms with E-state index in [1.165, 1.54) is 11.0 Å². The van der Waals surface area contributed by atoms with Crippen LogP contribution in [0.4, 0.5) is 10.1 Å². The van der Waals surface area contributed by atoms with Gasteiger partial charge in [0.25, 0.3) is 0 Å². The van der Waals surface area contributed by atoms with E-state index in [1.807, 2.05) is 85.9 Å². The highest BCUT2D eigenvalue weighted by Gasteiger charge is 2.38. The van der Waals surface area contributed by atoms with Gasteiger partial charge in [0.15, 0.2) is 0 Å². The Morgan fingerprint density at radius 1 is 0.970 bits per heavy atom. The van der Waals surface area contributed by atoms with Gasteiger partial charge in [0, 0.05) is 17.3 Å². The molecule has 2 atom stereocenters. The number of rotatable bonds is 5. The molecule has 6 heteroatoms. The third-order valence-corrected chi connectivity index (χ3v) is 6.08. The second-order valence-electron chi connectivity index (χ2n) is 8.07. The molecule has 2 aromatic carbocycles. The molecule has 0 bridgehead atoms. The van der Waals surface area contributed by atoms with E-state index in [1.54, 1.807) is 6.07 Å². The minimum absolute atomic E-state index is 0.110. The molecule has 33 heavy (non-hydrogen) atoms. The van der Waals surface area contributed by atoms with Crippen molar-refractivity contribution >= 4 is 11.9 Å². The van der Waals surface area contributed by atoms with E-state index < -0.39 is 0 Å². The lowest BCUT2D eigenvalue weighted by Gasteiger charge is -2.31. The fraction of sp³-hybridized carbons (Fsp3) is 0.333. The Labute approximate surface area is 195 Å². The lowest BCUT2D eigenvalue weighted by Crippen LogP contribution is -3.14. The van der Waals surface area contributed by atoms with Crippen LogP contribution in [0.15, 0.2) is 78.0 Å². The Hall–Kier alpha value is -3.09. The molecule has 1 fully saturated rings. The van der Waals surface area contributed by atoms with Crippen LogP contribution in [0.25, 0.3) is 11.3 Å². The third kappa shape index (κ3) is 5.29. The standard InChI is InChI=1S/C25H25FN4O.C2H6/c26-23-9-5-4-8-22(23)25-20(18-29-12-14-31-15-13-29)16-28-30(25)21-10-11-24(27-17-21)19-6-2-1-3-7-19;1-2/h1-11,16-17,20,25H,12-15,18H2;1-2H3/p+1. The molecule has 1 aromatic heterocycles. The number of pyridine rings is 1. The molecule has 2 aliphatic rings. The van der Waals surface area contributed by atoms with Crippen LogP contribution >= 0.6 is 0 Å². The highest BCUT2D eigenvalue weighted by atomic mass is 19.1. The average molecular weight is 448 g/mol. The van der Waals surface area contributed by atoms with Crippen LogP contribution in [0.5, 0.6) is 0 Å². The summed E-state index contributed by atoms with van der Waals surface area (Å²) in [5.41, 5.74) is 3.51. The predicted molar refractivity (Wildman–Crippen MR) is 131 cm³/mol. The molecule has 0 amide bonds. The van der Waals surface area contributed by atoms with Crippen molar-refractivity contribution in [1.82, 2.24) is 4.98 Å². The lowest BCUT2D eigenvalue weighted by molar-refractivity contribution is -0.910. The molecule has 2 aliphatic heterocycles. The second-order valence-corrected chi connectivity index (χ2v) is 8.07. The fourth-order valence-electron chi connectivity index (χ4n) is 4.46. The third-order valence-electron chi connectivity index (χ3n) is 6.08. The molecule has 0 spiro atoms. The summed E-state index contributed by atoms with van der Waals surface area (Å²) in [6, 6.07) is 20.9. The van der Waals surface area contributed by atoms with E-state index in [9.17, 15) is 4.39 Å². The number of hydrogen-bond acceptors (Lipinski definition) is 4. The van der Waals surface area contributed by atoms with Gasteiger partial charge in [-0.1, -0.05) is 62.4 Å². The van der Waals surface area contributed by atoms with E-state index >= 15 is 0 Å². The minimum atomic E-state index is -0.196. The van der Waals surface area contributed by atoms with Gasteiger partial charge < -0.3 is 9.64 Å². The predicted octanol–water partition coefficient (Wildman–Crippen LogP) is 3.99. The van der Waals surface area contributed by atoms with Gasteiger partial charge in [-0.25, -0.2) is 4.39 Å². The molecular formula is C27H32FN4O+. The van der Waals surface area contributed by atoms with Crippen LogP contribution < -0.4 is 9.91 Å². The van der Waals surface area contributed by atoms with Crippen molar-refractivity contribution in [1.29, 1.82) is 0 Å². The van der Waals surface area contributed by atoms with Crippen molar-refractivity contribution in [2.75, 3.05) is 37.9 Å². The zero-order valence-electron chi connectivity index (χ0n) is 19.3. The number of hydrogen-bond donors (Lipinski definition) is 1. The molecule has 2 unspecified atom stereocenters. The maximum absolute atomic E-state index is 14.8. The summed E-state index contributed by atoms with van der Waals surface area (Å²) in [5.74, 6) is -0.0855. The van der Waals surface area contributed by atoms with Crippen LogP contribution in [0.3, 0.4) is 0 Å². The highest BCUT2D eigenvalue weighted by Crippen LogP contribution is 2.37. The van der Waals surface area contributed by atoms with Crippen LogP contribution in [0, 0.1) is 11.7 Å². The van der Waals surface area contributed by atoms with Crippen LogP contribution in [-0.4, -0.2) is 44.0 Å². The number of aromatic nitrogens is 1.